The molecule has 0 aliphatic carbocycles. The molecule has 0 bridgehead atoms. The predicted octanol–water partition coefficient (Wildman–Crippen LogP) is 2.34. The van der Waals surface area contributed by atoms with Gasteiger partial charge in [-0.2, -0.15) is 0 Å². The molecule has 0 spiro atoms. The Labute approximate surface area is 105 Å². The summed E-state index contributed by atoms with van der Waals surface area (Å²) in [5.74, 6) is 0.403. The monoisotopic (exact) mass is 246 g/mol. The normalized spacial score (nSPS) is 12.1. The molecule has 94 valence electrons. The molecular formula is C14H15FN2O. The second-order valence-corrected chi connectivity index (χ2v) is 3.99. The summed E-state index contributed by atoms with van der Waals surface area (Å²) in [6.45, 7) is 0.815. The van der Waals surface area contributed by atoms with E-state index in [1.165, 1.54) is 12.1 Å². The average Bonchev–Trinajstić information content (AvgIpc) is 2.41. The number of nitrogens with zero attached hydrogens (tertiary/aromatic N) is 1. The Balaban J connectivity index is 2.02. The van der Waals surface area contributed by atoms with Gasteiger partial charge in [0.1, 0.15) is 11.6 Å². The van der Waals surface area contributed by atoms with Crippen molar-refractivity contribution >= 4 is 0 Å². The first-order valence-corrected chi connectivity index (χ1v) is 5.78. The van der Waals surface area contributed by atoms with Crippen LogP contribution in [0.4, 0.5) is 4.39 Å². The molecule has 0 saturated heterocycles. The fourth-order valence-electron chi connectivity index (χ4n) is 1.69. The zero-order valence-corrected chi connectivity index (χ0v) is 9.92. The van der Waals surface area contributed by atoms with Crippen molar-refractivity contribution in [3.8, 4) is 5.75 Å². The van der Waals surface area contributed by atoms with Crippen LogP contribution in [0.5, 0.6) is 5.75 Å². The van der Waals surface area contributed by atoms with E-state index >= 15 is 0 Å². The summed E-state index contributed by atoms with van der Waals surface area (Å²) in [7, 11) is 0. The van der Waals surface area contributed by atoms with Crippen molar-refractivity contribution < 1.29 is 9.13 Å². The molecule has 4 heteroatoms. The fraction of sp³-hybridized carbons (Fsp3) is 0.214. The van der Waals surface area contributed by atoms with Crippen molar-refractivity contribution in [2.24, 2.45) is 5.73 Å². The van der Waals surface area contributed by atoms with E-state index in [2.05, 4.69) is 4.98 Å². The summed E-state index contributed by atoms with van der Waals surface area (Å²) >= 11 is 0. The van der Waals surface area contributed by atoms with E-state index < -0.39 is 0 Å². The van der Waals surface area contributed by atoms with E-state index in [9.17, 15) is 4.39 Å². The van der Waals surface area contributed by atoms with Gasteiger partial charge in [-0.1, -0.05) is 12.1 Å². The molecule has 18 heavy (non-hydrogen) atoms. The van der Waals surface area contributed by atoms with Gasteiger partial charge in [0.25, 0.3) is 0 Å². The first-order valence-electron chi connectivity index (χ1n) is 5.78. The summed E-state index contributed by atoms with van der Waals surface area (Å²) in [5, 5.41) is 0. The van der Waals surface area contributed by atoms with E-state index in [4.69, 9.17) is 10.5 Å². The number of nitrogens with two attached hydrogens (primary N) is 1. The van der Waals surface area contributed by atoms with Crippen LogP contribution >= 0.6 is 0 Å². The van der Waals surface area contributed by atoms with Crippen LogP contribution in [0.25, 0.3) is 0 Å². The molecule has 2 aromatic rings. The Bertz CT molecular complexity index is 490. The molecule has 0 amide bonds. The second-order valence-electron chi connectivity index (χ2n) is 3.99. The van der Waals surface area contributed by atoms with Crippen LogP contribution in [0.15, 0.2) is 48.8 Å². The summed E-state index contributed by atoms with van der Waals surface area (Å²) < 4.78 is 18.7. The number of pyridine rings is 1. The molecule has 0 aliphatic rings. The molecule has 3 nitrogen and oxygen atoms in total. The minimum atomic E-state index is -0.257. The van der Waals surface area contributed by atoms with Crippen molar-refractivity contribution in [2.45, 2.75) is 5.92 Å². The van der Waals surface area contributed by atoms with Gasteiger partial charge in [0.05, 0.1) is 12.8 Å². The maximum atomic E-state index is 13.1. The van der Waals surface area contributed by atoms with Gasteiger partial charge in [-0.3, -0.25) is 4.98 Å². The third kappa shape index (κ3) is 3.28. The van der Waals surface area contributed by atoms with Gasteiger partial charge in [-0.25, -0.2) is 4.39 Å². The van der Waals surface area contributed by atoms with Gasteiger partial charge in [0.2, 0.25) is 0 Å². The zero-order chi connectivity index (χ0) is 12.8. The molecule has 2 N–H and O–H groups in total. The number of hydrogen-bond donors (Lipinski definition) is 1. The fourth-order valence-corrected chi connectivity index (χ4v) is 1.69. The largest absolute Gasteiger partial charge is 0.491 e. The number of ether oxygens (including phenoxy) is 1. The third-order valence-electron chi connectivity index (χ3n) is 2.69. The van der Waals surface area contributed by atoms with E-state index in [0.717, 1.165) is 5.56 Å². The van der Waals surface area contributed by atoms with Crippen molar-refractivity contribution in [1.82, 2.24) is 4.98 Å². The number of halogens is 1. The lowest BCUT2D eigenvalue weighted by Gasteiger charge is -2.16. The van der Waals surface area contributed by atoms with E-state index in [1.54, 1.807) is 24.5 Å². The number of aromatic nitrogens is 1. The summed E-state index contributed by atoms with van der Waals surface area (Å²) in [4.78, 5) is 3.96. The number of rotatable bonds is 5. The van der Waals surface area contributed by atoms with Crippen molar-refractivity contribution in [1.29, 1.82) is 0 Å². The van der Waals surface area contributed by atoms with Crippen LogP contribution in [0.3, 0.4) is 0 Å². The standard InChI is InChI=1S/C14H15FN2O/c15-13-4-1-3-11(7-13)12(8-16)10-18-14-5-2-6-17-9-14/h1-7,9,12H,8,10,16H2. The van der Waals surface area contributed by atoms with Gasteiger partial charge < -0.3 is 10.5 Å². The van der Waals surface area contributed by atoms with Gasteiger partial charge in [-0.15, -0.1) is 0 Å². The van der Waals surface area contributed by atoms with E-state index in [1.807, 2.05) is 12.1 Å². The molecule has 1 heterocycles. The van der Waals surface area contributed by atoms with Crippen LogP contribution in [0, 0.1) is 5.82 Å². The minimum absolute atomic E-state index is 0.0269. The predicted molar refractivity (Wildman–Crippen MR) is 67.9 cm³/mol. The minimum Gasteiger partial charge on any atom is -0.491 e. The number of hydrogen-bond acceptors (Lipinski definition) is 3. The Morgan fingerprint density at radius 2 is 2.17 bits per heavy atom. The average molecular weight is 246 g/mol. The summed E-state index contributed by atoms with van der Waals surface area (Å²) in [6, 6.07) is 10.1. The smallest absolute Gasteiger partial charge is 0.137 e. The van der Waals surface area contributed by atoms with Crippen molar-refractivity contribution in [2.75, 3.05) is 13.2 Å². The number of benzene rings is 1. The van der Waals surface area contributed by atoms with Crippen LogP contribution in [0.2, 0.25) is 0 Å². The molecule has 1 aromatic heterocycles. The molecule has 0 fully saturated rings. The lowest BCUT2D eigenvalue weighted by atomic mass is 10.0. The van der Waals surface area contributed by atoms with Gasteiger partial charge >= 0.3 is 0 Å². The molecule has 0 aliphatic heterocycles. The Morgan fingerprint density at radius 1 is 1.28 bits per heavy atom. The van der Waals surface area contributed by atoms with Gasteiger partial charge in [0.15, 0.2) is 0 Å². The SMILES string of the molecule is NCC(COc1cccnc1)c1cccc(F)c1. The van der Waals surface area contributed by atoms with Gasteiger partial charge in [0, 0.05) is 18.7 Å². The molecular weight excluding hydrogens is 231 g/mol. The lowest BCUT2D eigenvalue weighted by molar-refractivity contribution is 0.289. The van der Waals surface area contributed by atoms with Crippen LogP contribution in [-0.4, -0.2) is 18.1 Å². The topological polar surface area (TPSA) is 48.1 Å². The van der Waals surface area contributed by atoms with Crippen molar-refractivity contribution in [3.05, 3.63) is 60.2 Å². The molecule has 1 aromatic carbocycles. The zero-order valence-electron chi connectivity index (χ0n) is 9.92. The highest BCUT2D eigenvalue weighted by Crippen LogP contribution is 2.17. The molecule has 1 atom stereocenters. The first kappa shape index (κ1) is 12.5. The highest BCUT2D eigenvalue weighted by atomic mass is 19.1. The van der Waals surface area contributed by atoms with Crippen LogP contribution < -0.4 is 10.5 Å². The Hall–Kier alpha value is -1.94. The lowest BCUT2D eigenvalue weighted by Crippen LogP contribution is -2.19. The second kappa shape index (κ2) is 6.12. The Kier molecular flexibility index (Phi) is 4.25. The van der Waals surface area contributed by atoms with Gasteiger partial charge in [-0.05, 0) is 29.8 Å². The molecule has 2 rings (SSSR count). The summed E-state index contributed by atoms with van der Waals surface area (Å²) in [5.41, 5.74) is 6.55. The quantitative estimate of drug-likeness (QED) is 0.880. The molecule has 0 saturated carbocycles. The van der Waals surface area contributed by atoms with Crippen LogP contribution in [0.1, 0.15) is 11.5 Å². The van der Waals surface area contributed by atoms with E-state index in [-0.39, 0.29) is 11.7 Å². The van der Waals surface area contributed by atoms with Crippen molar-refractivity contribution in [3.63, 3.8) is 0 Å². The maximum absolute atomic E-state index is 13.1. The van der Waals surface area contributed by atoms with Crippen LogP contribution in [-0.2, 0) is 0 Å². The molecule has 0 radical (unpaired) electrons. The third-order valence-corrected chi connectivity index (χ3v) is 2.69. The highest BCUT2D eigenvalue weighted by Gasteiger charge is 2.11. The van der Waals surface area contributed by atoms with E-state index in [0.29, 0.717) is 18.9 Å². The Morgan fingerprint density at radius 3 is 2.83 bits per heavy atom. The first-order chi connectivity index (χ1) is 8.79. The summed E-state index contributed by atoms with van der Waals surface area (Å²) in [6.07, 6.45) is 3.32. The maximum Gasteiger partial charge on any atom is 0.137 e. The molecule has 1 unspecified atom stereocenters. The highest BCUT2D eigenvalue weighted by molar-refractivity contribution is 5.22.